The number of aryl methyl sites for hydroxylation is 2. The number of carbonyl (C=O) groups excluding carboxylic acids is 1. The largest absolute Gasteiger partial charge is 0.490 e. The summed E-state index contributed by atoms with van der Waals surface area (Å²) in [5.41, 5.74) is 3.27. The Morgan fingerprint density at radius 1 is 1.09 bits per heavy atom. The molecule has 8 heteroatoms. The molecular weight excluding hydrogens is 424 g/mol. The van der Waals surface area contributed by atoms with Crippen molar-refractivity contribution in [2.24, 2.45) is 10.1 Å². The molecule has 0 saturated heterocycles. The third-order valence-electron chi connectivity index (χ3n) is 5.11. The third-order valence-corrected chi connectivity index (χ3v) is 6.16. The first-order valence-electron chi connectivity index (χ1n) is 10.4. The highest BCUT2D eigenvalue weighted by atomic mass is 32.2. The minimum atomic E-state index is -0.450. The van der Waals surface area contributed by atoms with Gasteiger partial charge in [0.25, 0.3) is 5.91 Å². The zero-order valence-corrected chi connectivity index (χ0v) is 19.0. The van der Waals surface area contributed by atoms with Crippen molar-refractivity contribution >= 4 is 39.8 Å². The molecule has 7 nitrogen and oxygen atoms in total. The highest BCUT2D eigenvalue weighted by Gasteiger charge is 2.35. The first kappa shape index (κ1) is 21.8. The van der Waals surface area contributed by atoms with Crippen molar-refractivity contribution in [3.63, 3.8) is 0 Å². The van der Waals surface area contributed by atoms with Gasteiger partial charge in [-0.2, -0.15) is 15.1 Å². The highest BCUT2D eigenvalue weighted by molar-refractivity contribution is 8.26. The van der Waals surface area contributed by atoms with E-state index < -0.39 is 5.91 Å². The molecule has 0 aromatic heterocycles. The number of hydrazone groups is 1. The molecule has 0 spiro atoms. The summed E-state index contributed by atoms with van der Waals surface area (Å²) >= 11 is 1.33. The summed E-state index contributed by atoms with van der Waals surface area (Å²) in [7, 11) is 0. The number of nitrogens with one attached hydrogen (secondary N) is 1. The summed E-state index contributed by atoms with van der Waals surface area (Å²) in [6.07, 6.45) is 2.36. The number of hydrogen-bond donors (Lipinski definition) is 1. The zero-order chi connectivity index (χ0) is 22.7. The van der Waals surface area contributed by atoms with Crippen molar-refractivity contribution in [1.82, 2.24) is 5.01 Å². The first-order chi connectivity index (χ1) is 15.5. The summed E-state index contributed by atoms with van der Waals surface area (Å²) < 4.78 is 11.7. The third kappa shape index (κ3) is 4.60. The molecule has 1 N–H and O–H groups in total. The fraction of sp³-hybridized carbons (Fsp3) is 0.250. The second-order valence-corrected chi connectivity index (χ2v) is 8.39. The number of amides is 1. The van der Waals surface area contributed by atoms with Crippen molar-refractivity contribution in [2.45, 2.75) is 27.2 Å². The maximum atomic E-state index is 12.6. The molecule has 2 heterocycles. The highest BCUT2D eigenvalue weighted by Crippen LogP contribution is 2.30. The van der Waals surface area contributed by atoms with Crippen LogP contribution in [0, 0.1) is 19.3 Å². The maximum absolute atomic E-state index is 12.6. The molecule has 2 aromatic carbocycles. The van der Waals surface area contributed by atoms with Crippen molar-refractivity contribution in [3.05, 3.63) is 64.7 Å². The molecule has 32 heavy (non-hydrogen) atoms. The molecule has 0 radical (unpaired) electrons. The van der Waals surface area contributed by atoms with Crippen LogP contribution in [0.3, 0.4) is 0 Å². The lowest BCUT2D eigenvalue weighted by Gasteiger charge is -2.20. The summed E-state index contributed by atoms with van der Waals surface area (Å²) in [6, 6.07) is 13.4. The van der Waals surface area contributed by atoms with Crippen LogP contribution in [0.1, 0.15) is 30.0 Å². The van der Waals surface area contributed by atoms with Gasteiger partial charge in [-0.1, -0.05) is 31.2 Å². The lowest BCUT2D eigenvalue weighted by molar-refractivity contribution is -0.114. The van der Waals surface area contributed by atoms with Crippen LogP contribution in [0.5, 0.6) is 11.5 Å². The fourth-order valence-electron chi connectivity index (χ4n) is 3.18. The number of hydrogen-bond acceptors (Lipinski definition) is 6. The Hall–Kier alpha value is -3.39. The first-order valence-corrected chi connectivity index (χ1v) is 11.2. The van der Waals surface area contributed by atoms with Crippen LogP contribution in [0.4, 0.5) is 0 Å². The van der Waals surface area contributed by atoms with E-state index in [1.54, 1.807) is 6.08 Å². The zero-order valence-electron chi connectivity index (χ0n) is 18.2. The van der Waals surface area contributed by atoms with Crippen LogP contribution in [0.25, 0.3) is 6.08 Å². The van der Waals surface area contributed by atoms with Gasteiger partial charge in [0.05, 0.1) is 5.57 Å². The molecule has 0 fully saturated rings. The second kappa shape index (κ2) is 9.40. The van der Waals surface area contributed by atoms with Gasteiger partial charge in [0.2, 0.25) is 5.17 Å². The van der Waals surface area contributed by atoms with E-state index in [0.29, 0.717) is 29.7 Å². The molecule has 2 aliphatic heterocycles. The number of benzene rings is 2. The van der Waals surface area contributed by atoms with Gasteiger partial charge in [-0.15, -0.1) is 0 Å². The summed E-state index contributed by atoms with van der Waals surface area (Å²) in [6.45, 7) is 6.82. The smallest absolute Gasteiger partial charge is 0.283 e. The number of amidine groups is 2. The number of carbonyl (C=O) groups is 1. The van der Waals surface area contributed by atoms with Gasteiger partial charge in [-0.3, -0.25) is 10.2 Å². The van der Waals surface area contributed by atoms with Gasteiger partial charge in [-0.05, 0) is 67.4 Å². The predicted octanol–water partition coefficient (Wildman–Crippen LogP) is 4.79. The molecule has 164 valence electrons. The number of para-hydroxylation sites is 1. The number of aliphatic imine (C=N–C) groups is 1. The lowest BCUT2D eigenvalue weighted by atomic mass is 10.1. The van der Waals surface area contributed by atoms with Gasteiger partial charge in [0.1, 0.15) is 29.8 Å². The Labute approximate surface area is 191 Å². The number of thioether (sulfide) groups is 1. The van der Waals surface area contributed by atoms with Gasteiger partial charge in [0, 0.05) is 5.56 Å². The summed E-state index contributed by atoms with van der Waals surface area (Å²) in [4.78, 5) is 16.7. The molecule has 4 rings (SSSR count). The molecular formula is C24H24N4O3S. The fourth-order valence-corrected chi connectivity index (χ4v) is 4.00. The second-order valence-electron chi connectivity index (χ2n) is 7.35. The van der Waals surface area contributed by atoms with Crippen molar-refractivity contribution in [1.29, 1.82) is 5.41 Å². The van der Waals surface area contributed by atoms with Gasteiger partial charge in [0.15, 0.2) is 5.84 Å². The van der Waals surface area contributed by atoms with Crippen molar-refractivity contribution in [3.8, 4) is 11.5 Å². The normalized spacial score (nSPS) is 16.7. The van der Waals surface area contributed by atoms with Crippen LogP contribution in [0.15, 0.2) is 58.1 Å². The lowest BCUT2D eigenvalue weighted by Crippen LogP contribution is -2.35. The van der Waals surface area contributed by atoms with Gasteiger partial charge in [-0.25, -0.2) is 0 Å². The van der Waals surface area contributed by atoms with E-state index in [1.807, 2.05) is 49.4 Å². The average Bonchev–Trinajstić information content (AvgIpc) is 3.20. The Morgan fingerprint density at radius 2 is 1.88 bits per heavy atom. The molecule has 2 aliphatic rings. The topological polar surface area (TPSA) is 87.3 Å². The van der Waals surface area contributed by atoms with Crippen molar-refractivity contribution < 1.29 is 14.3 Å². The monoisotopic (exact) mass is 448 g/mol. The molecule has 0 unspecified atom stereocenters. The van der Waals surface area contributed by atoms with Crippen LogP contribution < -0.4 is 9.47 Å². The number of rotatable bonds is 7. The Kier molecular flexibility index (Phi) is 6.41. The van der Waals surface area contributed by atoms with Crippen LogP contribution in [-0.4, -0.2) is 40.2 Å². The predicted molar refractivity (Wildman–Crippen MR) is 129 cm³/mol. The number of nitrogens with zero attached hydrogens (tertiary/aromatic N) is 3. The minimum Gasteiger partial charge on any atom is -0.490 e. The van der Waals surface area contributed by atoms with E-state index in [2.05, 4.69) is 23.9 Å². The van der Waals surface area contributed by atoms with Gasteiger partial charge < -0.3 is 9.47 Å². The van der Waals surface area contributed by atoms with E-state index in [1.165, 1.54) is 27.9 Å². The minimum absolute atomic E-state index is 0.0174. The standard InChI is InChI=1S/C24H24N4O3S/c1-4-21-27-28-22(25)19(23(29)26-24(28)32-21)14-17-7-5-6-8-20(17)31-12-11-30-18-10-9-15(2)16(3)13-18/h5-10,13-14,25H,4,11-12H2,1-3H3/b19-14-,25-22?. The molecule has 0 aliphatic carbocycles. The number of fused-ring (bicyclic) bond motifs is 1. The van der Waals surface area contributed by atoms with E-state index in [-0.39, 0.29) is 11.4 Å². The van der Waals surface area contributed by atoms with Crippen LogP contribution in [0.2, 0.25) is 0 Å². The summed E-state index contributed by atoms with van der Waals surface area (Å²) in [5.74, 6) is 0.975. The molecule has 0 bridgehead atoms. The Morgan fingerprint density at radius 3 is 2.66 bits per heavy atom. The van der Waals surface area contributed by atoms with E-state index in [0.717, 1.165) is 17.2 Å². The summed E-state index contributed by atoms with van der Waals surface area (Å²) in [5, 5.41) is 15.5. The Bertz CT molecular complexity index is 1170. The maximum Gasteiger partial charge on any atom is 0.283 e. The SMILES string of the molecule is CCC1=NN2C(=N)/C(=C/c3ccccc3OCCOc3ccc(C)c(C)c3)C(=O)N=C2S1. The van der Waals surface area contributed by atoms with E-state index >= 15 is 0 Å². The van der Waals surface area contributed by atoms with E-state index in [4.69, 9.17) is 14.9 Å². The molecule has 1 amide bonds. The number of ether oxygens (including phenoxy) is 2. The molecule has 0 saturated carbocycles. The molecule has 0 atom stereocenters. The van der Waals surface area contributed by atoms with Crippen LogP contribution in [-0.2, 0) is 4.79 Å². The van der Waals surface area contributed by atoms with Crippen molar-refractivity contribution in [2.75, 3.05) is 13.2 Å². The average molecular weight is 449 g/mol. The quantitative estimate of drug-likeness (QED) is 0.486. The Balaban J connectivity index is 1.46. The van der Waals surface area contributed by atoms with E-state index in [9.17, 15) is 4.79 Å². The molecule has 2 aromatic rings. The van der Waals surface area contributed by atoms with Gasteiger partial charge >= 0.3 is 0 Å². The van der Waals surface area contributed by atoms with Crippen LogP contribution >= 0.6 is 11.8 Å².